The molecule has 4 heterocycles. The quantitative estimate of drug-likeness (QED) is 0.250. The average Bonchev–Trinajstić information content (AvgIpc) is 3.71. The van der Waals surface area contributed by atoms with Crippen molar-refractivity contribution in [3.05, 3.63) is 129 Å². The summed E-state index contributed by atoms with van der Waals surface area (Å²) in [7, 11) is 0. The average molecular weight is 652 g/mol. The molecule has 0 aliphatic carbocycles. The van der Waals surface area contributed by atoms with Crippen LogP contribution in [0.2, 0.25) is 10.0 Å². The largest absolute Gasteiger partial charge is 0.274 e. The molecular formula is C36H28Cl2N4O4. The molecule has 0 spiro atoms. The number of carbonyl (C=O) groups is 4. The Morgan fingerprint density at radius 3 is 1.09 bits per heavy atom. The maximum Gasteiger partial charge on any atom is 0.253 e. The number of hydrogen-bond donors (Lipinski definition) is 0. The highest BCUT2D eigenvalue weighted by atomic mass is 35.5. The van der Waals surface area contributed by atoms with Crippen molar-refractivity contribution in [3.8, 4) is 0 Å². The summed E-state index contributed by atoms with van der Waals surface area (Å²) in [6, 6.07) is 25.6. The second-order valence-electron chi connectivity index (χ2n) is 12.4. The minimum atomic E-state index is -0.934. The third-order valence-corrected chi connectivity index (χ3v) is 10.2. The van der Waals surface area contributed by atoms with Crippen LogP contribution in [-0.4, -0.2) is 45.7 Å². The number of hydrazine groups is 1. The monoisotopic (exact) mass is 650 g/mol. The molecule has 4 aliphatic heterocycles. The van der Waals surface area contributed by atoms with E-state index in [1.807, 2.05) is 72.4 Å². The molecule has 4 fully saturated rings. The SMILES string of the molecule is Cc1ccc([C@@H]2[C@@H]3C(=O)N(c4ccc(Cl)cc4)C(=O)[C@@H]3N3[C@H](c4ccc(C)cc4)[C@H]4C(=O)N(c5ccc(Cl)cc5)C(=O)[C@@H]4N23)cc1. The number of carbonyl (C=O) groups excluding carboxylic acids is 4. The minimum absolute atomic E-state index is 0.358. The van der Waals surface area contributed by atoms with E-state index in [2.05, 4.69) is 0 Å². The van der Waals surface area contributed by atoms with Gasteiger partial charge in [-0.25, -0.2) is 19.8 Å². The Morgan fingerprint density at radius 1 is 0.435 bits per heavy atom. The molecule has 8 nitrogen and oxygen atoms in total. The Hall–Kier alpha value is -4.34. The highest BCUT2D eigenvalue weighted by Crippen LogP contribution is 2.59. The normalized spacial score (nSPS) is 27.5. The molecule has 0 bridgehead atoms. The van der Waals surface area contributed by atoms with Crippen molar-refractivity contribution in [1.29, 1.82) is 0 Å². The van der Waals surface area contributed by atoms with E-state index in [0.29, 0.717) is 21.4 Å². The second-order valence-corrected chi connectivity index (χ2v) is 13.3. The number of hydrogen-bond acceptors (Lipinski definition) is 6. The zero-order chi connectivity index (χ0) is 32.0. The molecule has 0 aromatic heterocycles. The predicted molar refractivity (Wildman–Crippen MR) is 174 cm³/mol. The van der Waals surface area contributed by atoms with Crippen molar-refractivity contribution in [2.24, 2.45) is 11.8 Å². The maximum atomic E-state index is 14.5. The van der Waals surface area contributed by atoms with Crippen LogP contribution in [0.5, 0.6) is 0 Å². The van der Waals surface area contributed by atoms with E-state index < -0.39 is 47.8 Å². The van der Waals surface area contributed by atoms with Gasteiger partial charge in [0.15, 0.2) is 0 Å². The molecule has 4 amide bonds. The fourth-order valence-corrected chi connectivity index (χ4v) is 7.97. The molecule has 230 valence electrons. The molecule has 0 unspecified atom stereocenters. The molecule has 4 aliphatic rings. The first-order chi connectivity index (χ1) is 22.2. The molecule has 0 radical (unpaired) electrons. The lowest BCUT2D eigenvalue weighted by Gasteiger charge is -2.35. The molecular weight excluding hydrogens is 623 g/mol. The molecule has 10 heteroatoms. The first-order valence-electron chi connectivity index (χ1n) is 15.1. The van der Waals surface area contributed by atoms with Gasteiger partial charge in [-0.1, -0.05) is 82.9 Å². The standard InChI is InChI=1S/C36H28Cl2N4O4/c1-19-3-7-21(8-4-19)29-27-31(35(45)39(33(27)43)25-15-11-23(37)12-16-25)42-30(22-9-5-20(2)6-10-22)28-32(41(29)42)36(46)40(34(28)44)26-17-13-24(38)14-18-26/h3-18,27-32H,1-2H3/t27-,28+,29-,30-,31-,32-/m1/s1. The van der Waals surface area contributed by atoms with E-state index >= 15 is 0 Å². The van der Waals surface area contributed by atoms with Crippen molar-refractivity contribution in [1.82, 2.24) is 10.0 Å². The van der Waals surface area contributed by atoms with Crippen molar-refractivity contribution in [3.63, 3.8) is 0 Å². The van der Waals surface area contributed by atoms with Crippen LogP contribution in [0.1, 0.15) is 34.3 Å². The number of halogens is 2. The van der Waals surface area contributed by atoms with Crippen LogP contribution in [0.15, 0.2) is 97.1 Å². The minimum Gasteiger partial charge on any atom is -0.274 e. The highest BCUT2D eigenvalue weighted by Gasteiger charge is 2.73. The van der Waals surface area contributed by atoms with Crippen LogP contribution in [0.25, 0.3) is 0 Å². The number of rotatable bonds is 4. The molecule has 4 aromatic carbocycles. The lowest BCUT2D eigenvalue weighted by Crippen LogP contribution is -2.50. The van der Waals surface area contributed by atoms with Gasteiger partial charge < -0.3 is 0 Å². The maximum absolute atomic E-state index is 14.5. The number of aryl methyl sites for hydroxylation is 2. The van der Waals surface area contributed by atoms with Crippen LogP contribution in [0.4, 0.5) is 11.4 Å². The van der Waals surface area contributed by atoms with Gasteiger partial charge in [-0.15, -0.1) is 0 Å². The van der Waals surface area contributed by atoms with Crippen LogP contribution in [-0.2, 0) is 19.2 Å². The Labute approximate surface area is 275 Å². The van der Waals surface area contributed by atoms with Gasteiger partial charge >= 0.3 is 0 Å². The van der Waals surface area contributed by atoms with Crippen molar-refractivity contribution < 1.29 is 19.2 Å². The number of imide groups is 2. The summed E-state index contributed by atoms with van der Waals surface area (Å²) in [5.74, 6) is -3.17. The topological polar surface area (TPSA) is 81.2 Å². The van der Waals surface area contributed by atoms with Crippen molar-refractivity contribution >= 4 is 58.2 Å². The second kappa shape index (κ2) is 10.6. The molecule has 4 aromatic rings. The van der Waals surface area contributed by atoms with E-state index in [-0.39, 0.29) is 11.8 Å². The van der Waals surface area contributed by atoms with Gasteiger partial charge in [0, 0.05) is 10.0 Å². The van der Waals surface area contributed by atoms with E-state index in [1.165, 1.54) is 9.80 Å². The summed E-state index contributed by atoms with van der Waals surface area (Å²) in [6.45, 7) is 3.95. The van der Waals surface area contributed by atoms with Gasteiger partial charge in [0.25, 0.3) is 11.8 Å². The first kappa shape index (κ1) is 29.1. The summed E-state index contributed by atoms with van der Waals surface area (Å²) in [6.07, 6.45) is 0. The van der Waals surface area contributed by atoms with Crippen LogP contribution in [0, 0.1) is 25.7 Å². The first-order valence-corrected chi connectivity index (χ1v) is 15.9. The number of benzene rings is 4. The van der Waals surface area contributed by atoms with E-state index in [1.54, 1.807) is 48.5 Å². The van der Waals surface area contributed by atoms with Crippen LogP contribution < -0.4 is 9.80 Å². The summed E-state index contributed by atoms with van der Waals surface area (Å²) in [5.41, 5.74) is 4.49. The smallest absolute Gasteiger partial charge is 0.253 e. The van der Waals surface area contributed by atoms with Gasteiger partial charge in [-0.05, 0) is 73.5 Å². The summed E-state index contributed by atoms with van der Waals surface area (Å²) in [4.78, 5) is 60.4. The van der Waals surface area contributed by atoms with Crippen LogP contribution >= 0.6 is 23.2 Å². The Kier molecular flexibility index (Phi) is 6.71. The molecule has 46 heavy (non-hydrogen) atoms. The lowest BCUT2D eigenvalue weighted by molar-refractivity contribution is -0.136. The molecule has 4 saturated heterocycles. The number of amides is 4. The fraction of sp³-hybridized carbons (Fsp3) is 0.222. The third-order valence-electron chi connectivity index (χ3n) is 9.73. The van der Waals surface area contributed by atoms with Crippen molar-refractivity contribution in [2.75, 3.05) is 9.80 Å². The molecule has 6 atom stereocenters. The zero-order valence-corrected chi connectivity index (χ0v) is 26.4. The van der Waals surface area contributed by atoms with E-state index in [9.17, 15) is 19.2 Å². The van der Waals surface area contributed by atoms with Gasteiger partial charge in [-0.3, -0.25) is 19.2 Å². The van der Waals surface area contributed by atoms with Gasteiger partial charge in [-0.2, -0.15) is 0 Å². The van der Waals surface area contributed by atoms with E-state index in [0.717, 1.165) is 22.3 Å². The van der Waals surface area contributed by atoms with Crippen LogP contribution in [0.3, 0.4) is 0 Å². The molecule has 0 N–H and O–H groups in total. The number of anilines is 2. The molecule has 8 rings (SSSR count). The number of nitrogens with zero attached hydrogens (tertiary/aromatic N) is 4. The summed E-state index contributed by atoms with van der Waals surface area (Å²) >= 11 is 12.3. The predicted octanol–water partition coefficient (Wildman–Crippen LogP) is 6.06. The Morgan fingerprint density at radius 2 is 0.761 bits per heavy atom. The Balaban J connectivity index is 1.32. The third kappa shape index (κ3) is 4.14. The van der Waals surface area contributed by atoms with Gasteiger partial charge in [0.1, 0.15) is 12.1 Å². The summed E-state index contributed by atoms with van der Waals surface area (Å²) < 4.78 is 0. The summed E-state index contributed by atoms with van der Waals surface area (Å²) in [5, 5.41) is 4.72. The van der Waals surface area contributed by atoms with Gasteiger partial charge in [0.05, 0.1) is 35.3 Å². The molecule has 0 saturated carbocycles. The lowest BCUT2D eigenvalue weighted by atomic mass is 9.84. The van der Waals surface area contributed by atoms with Gasteiger partial charge in [0.2, 0.25) is 11.8 Å². The highest BCUT2D eigenvalue weighted by molar-refractivity contribution is 6.31. The number of fused-ring (bicyclic) bond motifs is 5. The van der Waals surface area contributed by atoms with E-state index in [4.69, 9.17) is 23.2 Å². The Bertz CT molecular complexity index is 1770. The fourth-order valence-electron chi connectivity index (χ4n) is 7.71. The zero-order valence-electron chi connectivity index (χ0n) is 24.9. The van der Waals surface area contributed by atoms with Crippen molar-refractivity contribution in [2.45, 2.75) is 38.0 Å².